The minimum atomic E-state index is -3.09. The Labute approximate surface area is 140 Å². The van der Waals surface area contributed by atoms with E-state index in [1.165, 1.54) is 10.6 Å². The molecule has 2 rings (SSSR count). The fourth-order valence-electron chi connectivity index (χ4n) is 2.73. The first kappa shape index (κ1) is 18.1. The van der Waals surface area contributed by atoms with E-state index in [9.17, 15) is 8.42 Å². The van der Waals surface area contributed by atoms with Gasteiger partial charge < -0.3 is 4.90 Å². The van der Waals surface area contributed by atoms with Crippen LogP contribution in [0.5, 0.6) is 0 Å². The van der Waals surface area contributed by atoms with E-state index >= 15 is 0 Å². The highest BCUT2D eigenvalue weighted by atomic mass is 32.2. The molecular weight excluding hydrogens is 312 g/mol. The van der Waals surface area contributed by atoms with Crippen molar-refractivity contribution in [3.05, 3.63) is 18.1 Å². The van der Waals surface area contributed by atoms with Crippen molar-refractivity contribution in [3.8, 4) is 0 Å². The van der Waals surface area contributed by atoms with Gasteiger partial charge in [-0.05, 0) is 24.8 Å². The van der Waals surface area contributed by atoms with E-state index in [1.54, 1.807) is 7.05 Å². The van der Waals surface area contributed by atoms with E-state index in [-0.39, 0.29) is 5.41 Å². The van der Waals surface area contributed by atoms with E-state index < -0.39 is 10.0 Å². The highest BCUT2D eigenvalue weighted by Crippen LogP contribution is 2.25. The number of piperidine rings is 1. The van der Waals surface area contributed by atoms with Gasteiger partial charge in [0.25, 0.3) is 0 Å². The first-order chi connectivity index (χ1) is 10.6. The largest absolute Gasteiger partial charge is 0.356 e. The first-order valence-corrected chi connectivity index (χ1v) is 9.92. The average molecular weight is 340 g/mol. The lowest BCUT2D eigenvalue weighted by atomic mass is 9.95. The van der Waals surface area contributed by atoms with Crippen molar-refractivity contribution in [2.75, 3.05) is 37.8 Å². The molecule has 6 nitrogen and oxygen atoms in total. The molecule has 23 heavy (non-hydrogen) atoms. The van der Waals surface area contributed by atoms with E-state index in [2.05, 4.69) is 30.7 Å². The molecule has 2 heterocycles. The number of rotatable bonds is 4. The van der Waals surface area contributed by atoms with Crippen molar-refractivity contribution in [3.63, 3.8) is 0 Å². The van der Waals surface area contributed by atoms with Gasteiger partial charge in [0.15, 0.2) is 0 Å². The number of nitrogens with zero attached hydrogens (tertiary/aromatic N) is 4. The molecular formula is C16H28N4O2S. The molecule has 0 unspecified atom stereocenters. The highest BCUT2D eigenvalue weighted by Gasteiger charge is 2.25. The average Bonchev–Trinajstić information content (AvgIpc) is 2.46. The molecule has 0 aromatic carbocycles. The van der Waals surface area contributed by atoms with Crippen molar-refractivity contribution in [1.82, 2.24) is 14.3 Å². The molecule has 7 heteroatoms. The second kappa shape index (κ2) is 6.73. The summed E-state index contributed by atoms with van der Waals surface area (Å²) in [6, 6.07) is 1.96. The summed E-state index contributed by atoms with van der Waals surface area (Å²) >= 11 is 0. The summed E-state index contributed by atoms with van der Waals surface area (Å²) in [6.45, 7) is 8.74. The molecule has 130 valence electrons. The maximum absolute atomic E-state index is 11.5. The molecule has 0 N–H and O–H groups in total. The smallest absolute Gasteiger partial charge is 0.210 e. The standard InChI is InChI=1S/C16H28N4O2S/c1-16(2,3)15-17-9-6-14(18-15)20-10-7-13(8-11-20)12-19(4)23(5,21)22/h6,9,13H,7-8,10-12H2,1-5H3. The van der Waals surface area contributed by atoms with Gasteiger partial charge in [-0.2, -0.15) is 0 Å². The minimum Gasteiger partial charge on any atom is -0.356 e. The van der Waals surface area contributed by atoms with Crippen molar-refractivity contribution in [2.24, 2.45) is 5.92 Å². The van der Waals surface area contributed by atoms with Crippen LogP contribution in [0.2, 0.25) is 0 Å². The van der Waals surface area contributed by atoms with E-state index in [0.717, 1.165) is 37.6 Å². The molecule has 0 saturated carbocycles. The fourth-order valence-corrected chi connectivity index (χ4v) is 3.21. The summed E-state index contributed by atoms with van der Waals surface area (Å²) in [7, 11) is -1.44. The molecule has 0 atom stereocenters. The number of sulfonamides is 1. The van der Waals surface area contributed by atoms with Gasteiger partial charge in [-0.3, -0.25) is 0 Å². The van der Waals surface area contributed by atoms with Gasteiger partial charge in [0.2, 0.25) is 10.0 Å². The van der Waals surface area contributed by atoms with Crippen LogP contribution in [0.4, 0.5) is 5.82 Å². The Bertz CT molecular complexity index is 632. The summed E-state index contributed by atoms with van der Waals surface area (Å²) in [6.07, 6.45) is 5.05. The van der Waals surface area contributed by atoms with Gasteiger partial charge in [-0.25, -0.2) is 22.7 Å². The van der Waals surface area contributed by atoms with Gasteiger partial charge in [0.05, 0.1) is 6.26 Å². The molecule has 0 aliphatic carbocycles. The fraction of sp³-hybridized carbons (Fsp3) is 0.750. The molecule has 1 saturated heterocycles. The Hall–Kier alpha value is -1.21. The van der Waals surface area contributed by atoms with Crippen LogP contribution in [-0.2, 0) is 15.4 Å². The number of hydrogen-bond donors (Lipinski definition) is 0. The van der Waals surface area contributed by atoms with Gasteiger partial charge >= 0.3 is 0 Å². The maximum Gasteiger partial charge on any atom is 0.210 e. The third kappa shape index (κ3) is 4.88. The lowest BCUT2D eigenvalue weighted by Gasteiger charge is -2.34. The van der Waals surface area contributed by atoms with E-state index in [4.69, 9.17) is 4.98 Å². The SMILES string of the molecule is CN(CC1CCN(c2ccnc(C(C)(C)C)n2)CC1)S(C)(=O)=O. The normalized spacial score (nSPS) is 17.7. The second-order valence-electron chi connectivity index (χ2n) is 7.46. The molecule has 1 aliphatic heterocycles. The van der Waals surface area contributed by atoms with Crippen LogP contribution in [0.25, 0.3) is 0 Å². The summed E-state index contributed by atoms with van der Waals surface area (Å²) < 4.78 is 24.5. The zero-order valence-corrected chi connectivity index (χ0v) is 15.6. The van der Waals surface area contributed by atoms with Gasteiger partial charge in [-0.1, -0.05) is 20.8 Å². The van der Waals surface area contributed by atoms with Crippen molar-refractivity contribution in [2.45, 2.75) is 39.0 Å². The van der Waals surface area contributed by atoms with Crippen LogP contribution in [-0.4, -0.2) is 55.6 Å². The van der Waals surface area contributed by atoms with Crippen molar-refractivity contribution < 1.29 is 8.42 Å². The number of hydrogen-bond acceptors (Lipinski definition) is 5. The third-order valence-electron chi connectivity index (χ3n) is 4.33. The Morgan fingerprint density at radius 1 is 1.30 bits per heavy atom. The van der Waals surface area contributed by atoms with Crippen LogP contribution in [0.15, 0.2) is 12.3 Å². The van der Waals surface area contributed by atoms with Crippen molar-refractivity contribution in [1.29, 1.82) is 0 Å². The van der Waals surface area contributed by atoms with Crippen molar-refractivity contribution >= 4 is 15.8 Å². The summed E-state index contributed by atoms with van der Waals surface area (Å²) in [5.41, 5.74) is -0.0630. The maximum atomic E-state index is 11.5. The first-order valence-electron chi connectivity index (χ1n) is 8.07. The molecule has 0 spiro atoms. The summed E-state index contributed by atoms with van der Waals surface area (Å²) in [5, 5.41) is 0. The second-order valence-corrected chi connectivity index (χ2v) is 9.55. The van der Waals surface area contributed by atoms with Gasteiger partial charge in [0.1, 0.15) is 11.6 Å². The van der Waals surface area contributed by atoms with Gasteiger partial charge in [0, 0.05) is 38.3 Å². The molecule has 1 aromatic heterocycles. The van der Waals surface area contributed by atoms with E-state index in [1.807, 2.05) is 12.3 Å². The zero-order valence-electron chi connectivity index (χ0n) is 14.8. The zero-order chi connectivity index (χ0) is 17.3. The van der Waals surface area contributed by atoms with Crippen LogP contribution >= 0.6 is 0 Å². The van der Waals surface area contributed by atoms with Crippen LogP contribution in [0, 0.1) is 5.92 Å². The highest BCUT2D eigenvalue weighted by molar-refractivity contribution is 7.88. The molecule has 1 aromatic rings. The predicted molar refractivity (Wildman–Crippen MR) is 93.1 cm³/mol. The van der Waals surface area contributed by atoms with E-state index in [0.29, 0.717) is 12.5 Å². The Morgan fingerprint density at radius 3 is 2.43 bits per heavy atom. The third-order valence-corrected chi connectivity index (χ3v) is 5.61. The molecule has 0 bridgehead atoms. The summed E-state index contributed by atoms with van der Waals surface area (Å²) in [5.74, 6) is 2.24. The predicted octanol–water partition coefficient (Wildman–Crippen LogP) is 1.88. The Morgan fingerprint density at radius 2 is 1.91 bits per heavy atom. The molecule has 0 amide bonds. The molecule has 1 aliphatic rings. The monoisotopic (exact) mass is 340 g/mol. The molecule has 0 radical (unpaired) electrons. The summed E-state index contributed by atoms with van der Waals surface area (Å²) in [4.78, 5) is 11.3. The van der Waals surface area contributed by atoms with Crippen LogP contribution in [0.3, 0.4) is 0 Å². The minimum absolute atomic E-state index is 0.0630. The van der Waals surface area contributed by atoms with Crippen LogP contribution < -0.4 is 4.90 Å². The van der Waals surface area contributed by atoms with Gasteiger partial charge in [-0.15, -0.1) is 0 Å². The lowest BCUT2D eigenvalue weighted by Crippen LogP contribution is -2.39. The lowest BCUT2D eigenvalue weighted by molar-refractivity contribution is 0.328. The number of aromatic nitrogens is 2. The Kier molecular flexibility index (Phi) is 5.30. The molecule has 1 fully saturated rings. The van der Waals surface area contributed by atoms with Crippen LogP contribution in [0.1, 0.15) is 39.4 Å². The Balaban J connectivity index is 1.97. The topological polar surface area (TPSA) is 66.4 Å². The number of anilines is 1. The quantitative estimate of drug-likeness (QED) is 0.837.